The molecular formula is C12H21NO. The third-order valence-corrected chi connectivity index (χ3v) is 4.37. The molecule has 4 atom stereocenters. The van der Waals surface area contributed by atoms with E-state index in [9.17, 15) is 0 Å². The van der Waals surface area contributed by atoms with Gasteiger partial charge in [0.1, 0.15) is 0 Å². The van der Waals surface area contributed by atoms with Gasteiger partial charge >= 0.3 is 0 Å². The SMILES string of the molecule is C1CO[C@@H](CN[C@H]2C[C@@H]3CC[C@@H]2C3)C1. The predicted molar refractivity (Wildman–Crippen MR) is 56.2 cm³/mol. The van der Waals surface area contributed by atoms with Crippen molar-refractivity contribution in [2.75, 3.05) is 13.2 Å². The van der Waals surface area contributed by atoms with Crippen LogP contribution in [0.2, 0.25) is 0 Å². The van der Waals surface area contributed by atoms with E-state index in [1.165, 1.54) is 38.5 Å². The Kier molecular flexibility index (Phi) is 2.50. The van der Waals surface area contributed by atoms with Crippen molar-refractivity contribution in [2.45, 2.75) is 50.7 Å². The topological polar surface area (TPSA) is 21.3 Å². The molecule has 2 aliphatic carbocycles. The number of hydrogen-bond acceptors (Lipinski definition) is 2. The minimum atomic E-state index is 0.522. The van der Waals surface area contributed by atoms with Crippen molar-refractivity contribution < 1.29 is 4.74 Å². The molecule has 2 saturated carbocycles. The third kappa shape index (κ3) is 1.70. The second-order valence-corrected chi connectivity index (χ2v) is 5.32. The Hall–Kier alpha value is -0.0800. The second kappa shape index (κ2) is 3.82. The van der Waals surface area contributed by atoms with Gasteiger partial charge in [0.15, 0.2) is 0 Å². The molecule has 0 amide bonds. The van der Waals surface area contributed by atoms with Crippen LogP contribution >= 0.6 is 0 Å². The molecule has 0 aromatic carbocycles. The van der Waals surface area contributed by atoms with Crippen LogP contribution in [0.15, 0.2) is 0 Å². The summed E-state index contributed by atoms with van der Waals surface area (Å²) in [6.07, 6.45) is 8.99. The maximum atomic E-state index is 5.63. The molecule has 1 saturated heterocycles. The third-order valence-electron chi connectivity index (χ3n) is 4.37. The van der Waals surface area contributed by atoms with Crippen LogP contribution in [0.25, 0.3) is 0 Å². The van der Waals surface area contributed by atoms with Gasteiger partial charge in [-0.05, 0) is 43.9 Å². The maximum Gasteiger partial charge on any atom is 0.0700 e. The van der Waals surface area contributed by atoms with Gasteiger partial charge in [-0.25, -0.2) is 0 Å². The smallest absolute Gasteiger partial charge is 0.0700 e. The molecule has 0 radical (unpaired) electrons. The van der Waals surface area contributed by atoms with Gasteiger partial charge in [0.25, 0.3) is 0 Å². The van der Waals surface area contributed by atoms with Crippen LogP contribution in [0.4, 0.5) is 0 Å². The van der Waals surface area contributed by atoms with E-state index in [4.69, 9.17) is 4.74 Å². The maximum absolute atomic E-state index is 5.63. The van der Waals surface area contributed by atoms with Gasteiger partial charge in [-0.15, -0.1) is 0 Å². The highest BCUT2D eigenvalue weighted by molar-refractivity contribution is 4.94. The Morgan fingerprint density at radius 1 is 1.14 bits per heavy atom. The van der Waals surface area contributed by atoms with Crippen LogP contribution in [-0.2, 0) is 4.74 Å². The van der Waals surface area contributed by atoms with Crippen LogP contribution in [0.3, 0.4) is 0 Å². The molecule has 1 aliphatic heterocycles. The van der Waals surface area contributed by atoms with Crippen molar-refractivity contribution in [3.63, 3.8) is 0 Å². The van der Waals surface area contributed by atoms with E-state index in [0.717, 1.165) is 31.0 Å². The van der Waals surface area contributed by atoms with Crippen LogP contribution in [0.1, 0.15) is 38.5 Å². The highest BCUT2D eigenvalue weighted by Crippen LogP contribution is 2.44. The lowest BCUT2D eigenvalue weighted by molar-refractivity contribution is 0.105. The molecule has 2 heteroatoms. The van der Waals surface area contributed by atoms with Gasteiger partial charge in [-0.3, -0.25) is 0 Å². The second-order valence-electron chi connectivity index (χ2n) is 5.32. The van der Waals surface area contributed by atoms with E-state index in [-0.39, 0.29) is 0 Å². The van der Waals surface area contributed by atoms with E-state index in [1.54, 1.807) is 0 Å². The van der Waals surface area contributed by atoms with Crippen LogP contribution < -0.4 is 5.32 Å². The van der Waals surface area contributed by atoms with Crippen molar-refractivity contribution in [1.29, 1.82) is 0 Å². The first-order valence-corrected chi connectivity index (χ1v) is 6.27. The lowest BCUT2D eigenvalue weighted by atomic mass is 9.95. The summed E-state index contributed by atoms with van der Waals surface area (Å²) in [5, 5.41) is 3.73. The van der Waals surface area contributed by atoms with Crippen LogP contribution in [-0.4, -0.2) is 25.3 Å². The number of nitrogens with one attached hydrogen (secondary N) is 1. The van der Waals surface area contributed by atoms with E-state index < -0.39 is 0 Å². The Morgan fingerprint density at radius 2 is 2.14 bits per heavy atom. The van der Waals surface area contributed by atoms with E-state index in [2.05, 4.69) is 5.32 Å². The molecule has 2 nitrogen and oxygen atoms in total. The molecule has 14 heavy (non-hydrogen) atoms. The molecule has 2 bridgehead atoms. The molecule has 0 aromatic heterocycles. The first-order valence-electron chi connectivity index (χ1n) is 6.27. The molecule has 3 rings (SSSR count). The summed E-state index contributed by atoms with van der Waals surface area (Å²) >= 11 is 0. The van der Waals surface area contributed by atoms with Gasteiger partial charge in [0.2, 0.25) is 0 Å². The number of rotatable bonds is 3. The first-order chi connectivity index (χ1) is 6.92. The molecular weight excluding hydrogens is 174 g/mol. The summed E-state index contributed by atoms with van der Waals surface area (Å²) < 4.78 is 5.63. The largest absolute Gasteiger partial charge is 0.377 e. The minimum absolute atomic E-state index is 0.522. The zero-order valence-corrected chi connectivity index (χ0v) is 8.87. The molecule has 0 aromatic rings. The Morgan fingerprint density at radius 3 is 2.79 bits per heavy atom. The first kappa shape index (κ1) is 9.17. The van der Waals surface area contributed by atoms with Crippen LogP contribution in [0.5, 0.6) is 0 Å². The summed E-state index contributed by atoms with van der Waals surface area (Å²) in [6, 6.07) is 0.831. The molecule has 0 unspecified atom stereocenters. The molecule has 3 fully saturated rings. The quantitative estimate of drug-likeness (QED) is 0.743. The van der Waals surface area contributed by atoms with Gasteiger partial charge in [-0.2, -0.15) is 0 Å². The monoisotopic (exact) mass is 195 g/mol. The van der Waals surface area contributed by atoms with Crippen molar-refractivity contribution in [1.82, 2.24) is 5.32 Å². The molecule has 0 spiro atoms. The Bertz CT molecular complexity index is 200. The molecule has 1 heterocycles. The normalized spacial score (nSPS) is 46.3. The highest BCUT2D eigenvalue weighted by atomic mass is 16.5. The van der Waals surface area contributed by atoms with Gasteiger partial charge < -0.3 is 10.1 Å². The Balaban J connectivity index is 1.44. The summed E-state index contributed by atoms with van der Waals surface area (Å²) in [7, 11) is 0. The van der Waals surface area contributed by atoms with Crippen molar-refractivity contribution in [3.05, 3.63) is 0 Å². The fraction of sp³-hybridized carbons (Fsp3) is 1.00. The minimum Gasteiger partial charge on any atom is -0.377 e. The van der Waals surface area contributed by atoms with E-state index in [1.807, 2.05) is 0 Å². The predicted octanol–water partition coefficient (Wildman–Crippen LogP) is 1.94. The van der Waals surface area contributed by atoms with Gasteiger partial charge in [-0.1, -0.05) is 6.42 Å². The van der Waals surface area contributed by atoms with Gasteiger partial charge in [0.05, 0.1) is 6.10 Å². The number of hydrogen-bond donors (Lipinski definition) is 1. The lowest BCUT2D eigenvalue weighted by Crippen LogP contribution is -2.38. The molecule has 1 N–H and O–H groups in total. The summed E-state index contributed by atoms with van der Waals surface area (Å²) in [5.41, 5.74) is 0. The van der Waals surface area contributed by atoms with Crippen molar-refractivity contribution in [3.8, 4) is 0 Å². The van der Waals surface area contributed by atoms with Crippen molar-refractivity contribution in [2.24, 2.45) is 11.8 Å². The Labute approximate surface area is 86.4 Å². The standard InChI is InChI=1S/C12H21NO/c1-2-11(14-5-1)8-13-12-7-9-3-4-10(12)6-9/h9-13H,1-8H2/t9-,10-,11-,12+/m1/s1. The fourth-order valence-corrected chi connectivity index (χ4v) is 3.58. The van der Waals surface area contributed by atoms with Crippen molar-refractivity contribution >= 4 is 0 Å². The summed E-state index contributed by atoms with van der Waals surface area (Å²) in [4.78, 5) is 0. The summed E-state index contributed by atoms with van der Waals surface area (Å²) in [6.45, 7) is 2.09. The summed E-state index contributed by atoms with van der Waals surface area (Å²) in [5.74, 6) is 2.06. The van der Waals surface area contributed by atoms with Gasteiger partial charge in [0, 0.05) is 19.2 Å². The lowest BCUT2D eigenvalue weighted by Gasteiger charge is -2.24. The zero-order chi connectivity index (χ0) is 9.38. The fourth-order valence-electron chi connectivity index (χ4n) is 3.58. The zero-order valence-electron chi connectivity index (χ0n) is 8.87. The molecule has 80 valence electrons. The van der Waals surface area contributed by atoms with E-state index >= 15 is 0 Å². The number of ether oxygens (including phenoxy) is 1. The highest BCUT2D eigenvalue weighted by Gasteiger charge is 2.39. The molecule has 3 aliphatic rings. The average molecular weight is 195 g/mol. The van der Waals surface area contributed by atoms with Crippen LogP contribution in [0, 0.1) is 11.8 Å². The average Bonchev–Trinajstić information content (AvgIpc) is 2.91. The van der Waals surface area contributed by atoms with E-state index in [0.29, 0.717) is 6.10 Å². The number of fused-ring (bicyclic) bond motifs is 2.